The van der Waals surface area contributed by atoms with E-state index in [1.165, 1.54) is 30.6 Å². The fourth-order valence-electron chi connectivity index (χ4n) is 2.96. The topological polar surface area (TPSA) is 45.2 Å². The summed E-state index contributed by atoms with van der Waals surface area (Å²) in [5.74, 6) is 0.939. The summed E-state index contributed by atoms with van der Waals surface area (Å²) in [6, 6.07) is 8.24. The summed E-state index contributed by atoms with van der Waals surface area (Å²) in [6.45, 7) is 3.31. The molecule has 2 aromatic heterocycles. The molecule has 0 bridgehead atoms. The van der Waals surface area contributed by atoms with Crippen LogP contribution in [-0.2, 0) is 0 Å². The van der Waals surface area contributed by atoms with Crippen LogP contribution in [0.4, 0.5) is 11.5 Å². The first kappa shape index (κ1) is 15.0. The van der Waals surface area contributed by atoms with E-state index in [4.69, 9.17) is 0 Å². The van der Waals surface area contributed by atoms with Crippen molar-refractivity contribution in [3.8, 4) is 0 Å². The zero-order chi connectivity index (χ0) is 15.4. The predicted octanol–water partition coefficient (Wildman–Crippen LogP) is 4.16. The normalized spacial score (nSPS) is 18.2. The summed E-state index contributed by atoms with van der Waals surface area (Å²) in [5.41, 5.74) is 0.743. The number of aromatic nitrogens is 1. The SMILES string of the molecule is CCC1CCCCN1c1ccc(NC(=O)c2cccs2)cn1. The van der Waals surface area contributed by atoms with Gasteiger partial charge in [-0.3, -0.25) is 4.79 Å². The largest absolute Gasteiger partial charge is 0.354 e. The molecule has 1 amide bonds. The van der Waals surface area contributed by atoms with Crippen molar-refractivity contribution in [2.24, 2.45) is 0 Å². The number of piperidine rings is 1. The van der Waals surface area contributed by atoms with Crippen molar-refractivity contribution < 1.29 is 4.79 Å². The lowest BCUT2D eigenvalue weighted by Crippen LogP contribution is -2.39. The third kappa shape index (κ3) is 3.30. The number of carbonyl (C=O) groups excluding carboxylic acids is 1. The van der Waals surface area contributed by atoms with E-state index < -0.39 is 0 Å². The quantitative estimate of drug-likeness (QED) is 0.921. The molecule has 0 aliphatic carbocycles. The maximum atomic E-state index is 12.0. The van der Waals surface area contributed by atoms with Gasteiger partial charge in [-0.1, -0.05) is 13.0 Å². The molecule has 0 aromatic carbocycles. The molecule has 3 heterocycles. The van der Waals surface area contributed by atoms with Crippen molar-refractivity contribution in [2.75, 3.05) is 16.8 Å². The summed E-state index contributed by atoms with van der Waals surface area (Å²) in [7, 11) is 0. The Morgan fingerprint density at radius 3 is 3.00 bits per heavy atom. The number of pyridine rings is 1. The molecule has 4 nitrogen and oxygen atoms in total. The van der Waals surface area contributed by atoms with Crippen LogP contribution in [0.25, 0.3) is 0 Å². The average molecular weight is 315 g/mol. The zero-order valence-corrected chi connectivity index (χ0v) is 13.6. The highest BCUT2D eigenvalue weighted by molar-refractivity contribution is 7.12. The van der Waals surface area contributed by atoms with Crippen LogP contribution in [-0.4, -0.2) is 23.5 Å². The van der Waals surface area contributed by atoms with Crippen LogP contribution in [0.1, 0.15) is 42.3 Å². The highest BCUT2D eigenvalue weighted by Gasteiger charge is 2.21. The lowest BCUT2D eigenvalue weighted by Gasteiger charge is -2.36. The molecule has 1 saturated heterocycles. The molecule has 1 aliphatic rings. The molecule has 1 unspecified atom stereocenters. The van der Waals surface area contributed by atoms with Gasteiger partial charge in [-0.05, 0) is 49.3 Å². The van der Waals surface area contributed by atoms with E-state index in [1.54, 1.807) is 6.20 Å². The Balaban J connectivity index is 1.68. The van der Waals surface area contributed by atoms with Gasteiger partial charge >= 0.3 is 0 Å². The Morgan fingerprint density at radius 1 is 1.41 bits per heavy atom. The molecular weight excluding hydrogens is 294 g/mol. The van der Waals surface area contributed by atoms with Crippen LogP contribution < -0.4 is 10.2 Å². The molecule has 1 fully saturated rings. The van der Waals surface area contributed by atoms with Gasteiger partial charge in [0.2, 0.25) is 0 Å². The van der Waals surface area contributed by atoms with Crippen LogP contribution in [0.15, 0.2) is 35.8 Å². The molecule has 2 aromatic rings. The van der Waals surface area contributed by atoms with Crippen molar-refractivity contribution in [2.45, 2.75) is 38.6 Å². The number of carbonyl (C=O) groups is 1. The molecule has 22 heavy (non-hydrogen) atoms. The van der Waals surface area contributed by atoms with E-state index >= 15 is 0 Å². The van der Waals surface area contributed by atoms with Gasteiger partial charge < -0.3 is 10.2 Å². The summed E-state index contributed by atoms with van der Waals surface area (Å²) < 4.78 is 0. The molecular formula is C17H21N3OS. The number of hydrogen-bond donors (Lipinski definition) is 1. The van der Waals surface area contributed by atoms with E-state index in [2.05, 4.69) is 22.1 Å². The van der Waals surface area contributed by atoms with E-state index in [0.29, 0.717) is 10.9 Å². The number of nitrogens with zero attached hydrogens (tertiary/aromatic N) is 2. The molecule has 1 aliphatic heterocycles. The Bertz CT molecular complexity index is 609. The monoisotopic (exact) mass is 315 g/mol. The van der Waals surface area contributed by atoms with Gasteiger partial charge in [-0.15, -0.1) is 11.3 Å². The van der Waals surface area contributed by atoms with Gasteiger partial charge in [0.1, 0.15) is 5.82 Å². The number of anilines is 2. The predicted molar refractivity (Wildman–Crippen MR) is 91.8 cm³/mol. The van der Waals surface area contributed by atoms with Gasteiger partial charge in [0, 0.05) is 12.6 Å². The van der Waals surface area contributed by atoms with Crippen molar-refractivity contribution in [1.29, 1.82) is 0 Å². The third-order valence-corrected chi connectivity index (χ3v) is 5.01. The van der Waals surface area contributed by atoms with Crippen molar-refractivity contribution >= 4 is 28.7 Å². The summed E-state index contributed by atoms with van der Waals surface area (Å²) >= 11 is 1.44. The number of amides is 1. The van der Waals surface area contributed by atoms with Crippen LogP contribution in [0.5, 0.6) is 0 Å². The van der Waals surface area contributed by atoms with Crippen LogP contribution >= 0.6 is 11.3 Å². The highest BCUT2D eigenvalue weighted by Crippen LogP contribution is 2.25. The molecule has 0 spiro atoms. The van der Waals surface area contributed by atoms with Crippen molar-refractivity contribution in [3.63, 3.8) is 0 Å². The van der Waals surface area contributed by atoms with Gasteiger partial charge in [0.25, 0.3) is 5.91 Å². The van der Waals surface area contributed by atoms with Gasteiger partial charge in [0.15, 0.2) is 0 Å². The van der Waals surface area contributed by atoms with Crippen LogP contribution in [0.2, 0.25) is 0 Å². The number of nitrogens with one attached hydrogen (secondary N) is 1. The summed E-state index contributed by atoms with van der Waals surface area (Å²) in [5, 5.41) is 4.79. The van der Waals surface area contributed by atoms with E-state index in [-0.39, 0.29) is 5.91 Å². The average Bonchev–Trinajstić information content (AvgIpc) is 3.10. The van der Waals surface area contributed by atoms with Gasteiger partial charge in [-0.2, -0.15) is 0 Å². The lowest BCUT2D eigenvalue weighted by atomic mass is 10.00. The second-order valence-electron chi connectivity index (χ2n) is 5.59. The minimum Gasteiger partial charge on any atom is -0.354 e. The first-order valence-electron chi connectivity index (χ1n) is 7.85. The maximum Gasteiger partial charge on any atom is 0.265 e. The summed E-state index contributed by atoms with van der Waals surface area (Å²) in [6.07, 6.45) is 6.69. The Labute approximate surface area is 135 Å². The molecule has 1 atom stereocenters. The van der Waals surface area contributed by atoms with Crippen molar-refractivity contribution in [3.05, 3.63) is 40.7 Å². The number of thiophene rings is 1. The second-order valence-corrected chi connectivity index (χ2v) is 6.54. The minimum atomic E-state index is -0.0750. The zero-order valence-electron chi connectivity index (χ0n) is 12.8. The Hall–Kier alpha value is -1.88. The van der Waals surface area contributed by atoms with Gasteiger partial charge in [-0.25, -0.2) is 4.98 Å². The molecule has 5 heteroatoms. The number of rotatable bonds is 4. The maximum absolute atomic E-state index is 12.0. The minimum absolute atomic E-state index is 0.0750. The first-order valence-corrected chi connectivity index (χ1v) is 8.73. The molecule has 116 valence electrons. The smallest absolute Gasteiger partial charge is 0.265 e. The second kappa shape index (κ2) is 6.92. The highest BCUT2D eigenvalue weighted by atomic mass is 32.1. The fraction of sp³-hybridized carbons (Fsp3) is 0.412. The third-order valence-electron chi connectivity index (χ3n) is 4.14. The van der Waals surface area contributed by atoms with E-state index in [0.717, 1.165) is 24.5 Å². The molecule has 0 saturated carbocycles. The lowest BCUT2D eigenvalue weighted by molar-refractivity contribution is 0.103. The van der Waals surface area contributed by atoms with E-state index in [9.17, 15) is 4.79 Å². The van der Waals surface area contributed by atoms with Gasteiger partial charge in [0.05, 0.1) is 16.8 Å². The first-order chi connectivity index (χ1) is 10.8. The molecule has 3 rings (SSSR count). The summed E-state index contributed by atoms with van der Waals surface area (Å²) in [4.78, 5) is 19.7. The fourth-order valence-corrected chi connectivity index (χ4v) is 3.58. The Kier molecular flexibility index (Phi) is 4.73. The Morgan fingerprint density at radius 2 is 2.32 bits per heavy atom. The van der Waals surface area contributed by atoms with Crippen LogP contribution in [0.3, 0.4) is 0 Å². The van der Waals surface area contributed by atoms with Crippen molar-refractivity contribution in [1.82, 2.24) is 4.98 Å². The number of hydrogen-bond acceptors (Lipinski definition) is 4. The van der Waals surface area contributed by atoms with Crippen LogP contribution in [0, 0.1) is 0 Å². The molecule has 0 radical (unpaired) electrons. The van der Waals surface area contributed by atoms with E-state index in [1.807, 2.05) is 29.6 Å². The standard InChI is InChI=1S/C17H21N3OS/c1-2-14-6-3-4-10-20(14)16-9-8-13(12-18-16)19-17(21)15-7-5-11-22-15/h5,7-9,11-12,14H,2-4,6,10H2,1H3,(H,19,21). The molecule has 1 N–H and O–H groups in total.